The molecule has 0 bridgehead atoms. The topological polar surface area (TPSA) is 16.4 Å². The molecule has 0 spiro atoms. The fourth-order valence-electron chi connectivity index (χ4n) is 8.32. The summed E-state index contributed by atoms with van der Waals surface area (Å²) >= 11 is 0. The molecule has 2 heteroatoms. The molecule has 51 heavy (non-hydrogen) atoms. The maximum atomic E-state index is 6.70. The van der Waals surface area contributed by atoms with Crippen LogP contribution in [0.4, 0.5) is 17.1 Å². The zero-order valence-corrected chi connectivity index (χ0v) is 28.6. The van der Waals surface area contributed by atoms with Crippen molar-refractivity contribution in [2.24, 2.45) is 0 Å². The predicted molar refractivity (Wildman–Crippen MR) is 214 cm³/mol. The van der Waals surface area contributed by atoms with E-state index in [1.54, 1.807) is 0 Å². The Hall–Kier alpha value is -6.38. The Morgan fingerprint density at radius 2 is 1.06 bits per heavy atom. The van der Waals surface area contributed by atoms with Gasteiger partial charge in [-0.1, -0.05) is 141 Å². The van der Waals surface area contributed by atoms with E-state index in [-0.39, 0.29) is 5.41 Å². The highest BCUT2D eigenvalue weighted by Crippen LogP contribution is 2.52. The van der Waals surface area contributed by atoms with E-state index in [0.29, 0.717) is 0 Å². The van der Waals surface area contributed by atoms with Gasteiger partial charge in [-0.15, -0.1) is 0 Å². The summed E-state index contributed by atoms with van der Waals surface area (Å²) < 4.78 is 6.70. The summed E-state index contributed by atoms with van der Waals surface area (Å²) in [6.07, 6.45) is 0. The lowest BCUT2D eigenvalue weighted by molar-refractivity contribution is 0.647. The summed E-state index contributed by atoms with van der Waals surface area (Å²) in [7, 11) is 0. The van der Waals surface area contributed by atoms with E-state index >= 15 is 0 Å². The third-order valence-corrected chi connectivity index (χ3v) is 10.9. The SMILES string of the molecule is CC1(C)c2ccccc2-c2cc3c(cc21)oc1cccc(N(c2ccc(-c4ccccc4)cc2)c2ccc(-c4cccc5ccccc45)cc2)c13. The number of rotatable bonds is 5. The van der Waals surface area contributed by atoms with Gasteiger partial charge in [0.1, 0.15) is 11.2 Å². The molecule has 1 heterocycles. The first-order chi connectivity index (χ1) is 25.0. The second-order valence-corrected chi connectivity index (χ2v) is 14.1. The summed E-state index contributed by atoms with van der Waals surface area (Å²) in [4.78, 5) is 2.38. The van der Waals surface area contributed by atoms with E-state index in [1.807, 2.05) is 0 Å². The molecule has 2 nitrogen and oxygen atoms in total. The van der Waals surface area contributed by atoms with Gasteiger partial charge in [-0.05, 0) is 104 Å². The molecule has 242 valence electrons. The second-order valence-electron chi connectivity index (χ2n) is 14.1. The van der Waals surface area contributed by atoms with Crippen LogP contribution in [0, 0.1) is 0 Å². The number of nitrogens with zero attached hydrogens (tertiary/aromatic N) is 1. The number of benzene rings is 8. The summed E-state index contributed by atoms with van der Waals surface area (Å²) in [5.74, 6) is 0. The van der Waals surface area contributed by atoms with Crippen molar-refractivity contribution in [3.05, 3.63) is 187 Å². The minimum absolute atomic E-state index is 0.0969. The highest BCUT2D eigenvalue weighted by Gasteiger charge is 2.36. The van der Waals surface area contributed by atoms with Gasteiger partial charge in [0, 0.05) is 22.2 Å². The van der Waals surface area contributed by atoms with E-state index in [0.717, 1.165) is 39.0 Å². The van der Waals surface area contributed by atoms with E-state index in [9.17, 15) is 0 Å². The number of anilines is 3. The summed E-state index contributed by atoms with van der Waals surface area (Å²) in [6, 6.07) is 63.6. The fraction of sp³-hybridized carbons (Fsp3) is 0.0612. The highest BCUT2D eigenvalue weighted by atomic mass is 16.3. The van der Waals surface area contributed by atoms with Crippen LogP contribution in [-0.2, 0) is 5.41 Å². The minimum atomic E-state index is -0.0969. The van der Waals surface area contributed by atoms with Crippen LogP contribution in [0.5, 0.6) is 0 Å². The lowest BCUT2D eigenvalue weighted by atomic mass is 9.82. The van der Waals surface area contributed by atoms with Crippen LogP contribution < -0.4 is 4.90 Å². The van der Waals surface area contributed by atoms with Crippen LogP contribution in [0.25, 0.3) is 66.1 Å². The van der Waals surface area contributed by atoms with Crippen molar-refractivity contribution >= 4 is 49.8 Å². The lowest BCUT2D eigenvalue weighted by Crippen LogP contribution is -2.14. The standard InChI is InChI=1S/C49H35NO/c1-49(2)43-19-9-8-17-40(43)41-30-42-47(31-44(41)49)51-46-21-11-20-45(48(42)46)50(36-26-22-33(23-27-36)32-12-4-3-5-13-32)37-28-24-35(25-29-37)39-18-10-15-34-14-6-7-16-38(34)39/h3-31H,1-2H3. The molecule has 1 aliphatic rings. The van der Waals surface area contributed by atoms with Crippen molar-refractivity contribution in [1.29, 1.82) is 0 Å². The van der Waals surface area contributed by atoms with E-state index in [4.69, 9.17) is 4.42 Å². The average Bonchev–Trinajstić information content (AvgIpc) is 3.66. The van der Waals surface area contributed by atoms with Gasteiger partial charge in [-0.25, -0.2) is 0 Å². The third-order valence-electron chi connectivity index (χ3n) is 10.9. The molecule has 9 aromatic rings. The summed E-state index contributed by atoms with van der Waals surface area (Å²) in [5, 5.41) is 4.75. The Kier molecular flexibility index (Phi) is 6.56. The van der Waals surface area contributed by atoms with Crippen molar-refractivity contribution in [2.75, 3.05) is 4.90 Å². The molecule has 0 saturated carbocycles. The maximum Gasteiger partial charge on any atom is 0.137 e. The van der Waals surface area contributed by atoms with Crippen LogP contribution in [0.1, 0.15) is 25.0 Å². The molecule has 1 aromatic heterocycles. The van der Waals surface area contributed by atoms with Gasteiger partial charge in [-0.2, -0.15) is 0 Å². The van der Waals surface area contributed by atoms with Crippen LogP contribution in [0.3, 0.4) is 0 Å². The molecule has 10 rings (SSSR count). The largest absolute Gasteiger partial charge is 0.456 e. The Labute approximate surface area is 297 Å². The minimum Gasteiger partial charge on any atom is -0.456 e. The molecule has 0 fully saturated rings. The molecule has 0 unspecified atom stereocenters. The Balaban J connectivity index is 1.17. The monoisotopic (exact) mass is 653 g/mol. The molecule has 1 aliphatic carbocycles. The summed E-state index contributed by atoms with van der Waals surface area (Å²) in [5.41, 5.74) is 15.1. The van der Waals surface area contributed by atoms with Crippen molar-refractivity contribution in [1.82, 2.24) is 0 Å². The Bertz CT molecular complexity index is 2750. The average molecular weight is 654 g/mol. The van der Waals surface area contributed by atoms with Crippen molar-refractivity contribution in [3.63, 3.8) is 0 Å². The van der Waals surface area contributed by atoms with Gasteiger partial charge in [0.15, 0.2) is 0 Å². The molecule has 0 amide bonds. The van der Waals surface area contributed by atoms with E-state index in [1.165, 1.54) is 55.3 Å². The van der Waals surface area contributed by atoms with E-state index in [2.05, 4.69) is 195 Å². The van der Waals surface area contributed by atoms with Crippen molar-refractivity contribution < 1.29 is 4.42 Å². The highest BCUT2D eigenvalue weighted by molar-refractivity contribution is 6.15. The number of hydrogen-bond acceptors (Lipinski definition) is 2. The normalized spacial score (nSPS) is 13.1. The van der Waals surface area contributed by atoms with Crippen LogP contribution in [0.2, 0.25) is 0 Å². The maximum absolute atomic E-state index is 6.70. The van der Waals surface area contributed by atoms with Crippen LogP contribution >= 0.6 is 0 Å². The van der Waals surface area contributed by atoms with Gasteiger partial charge < -0.3 is 9.32 Å². The first-order valence-electron chi connectivity index (χ1n) is 17.7. The van der Waals surface area contributed by atoms with Gasteiger partial charge in [0.2, 0.25) is 0 Å². The lowest BCUT2D eigenvalue weighted by Gasteiger charge is -2.27. The van der Waals surface area contributed by atoms with Gasteiger partial charge in [0.05, 0.1) is 11.1 Å². The Morgan fingerprint density at radius 3 is 1.86 bits per heavy atom. The fourth-order valence-corrected chi connectivity index (χ4v) is 8.32. The smallest absolute Gasteiger partial charge is 0.137 e. The second kappa shape index (κ2) is 11.3. The zero-order valence-electron chi connectivity index (χ0n) is 28.6. The first kappa shape index (κ1) is 29.5. The number of furan rings is 1. The summed E-state index contributed by atoms with van der Waals surface area (Å²) in [6.45, 7) is 4.64. The quantitative estimate of drug-likeness (QED) is 0.184. The Morgan fingerprint density at radius 1 is 0.431 bits per heavy atom. The molecular formula is C49H35NO. The molecule has 0 aliphatic heterocycles. The molecule has 8 aromatic carbocycles. The molecule has 0 N–H and O–H groups in total. The first-order valence-corrected chi connectivity index (χ1v) is 17.7. The van der Waals surface area contributed by atoms with Crippen LogP contribution in [0.15, 0.2) is 180 Å². The predicted octanol–water partition coefficient (Wildman–Crippen LogP) is 13.8. The number of hydrogen-bond donors (Lipinski definition) is 0. The van der Waals surface area contributed by atoms with Gasteiger partial charge in [-0.3, -0.25) is 0 Å². The molecular weight excluding hydrogens is 619 g/mol. The van der Waals surface area contributed by atoms with Crippen molar-refractivity contribution in [3.8, 4) is 33.4 Å². The molecule has 0 saturated heterocycles. The van der Waals surface area contributed by atoms with E-state index < -0.39 is 0 Å². The molecule has 0 radical (unpaired) electrons. The molecule has 0 atom stereocenters. The van der Waals surface area contributed by atoms with Gasteiger partial charge in [0.25, 0.3) is 0 Å². The van der Waals surface area contributed by atoms with Crippen LogP contribution in [-0.4, -0.2) is 0 Å². The number of fused-ring (bicyclic) bond motifs is 7. The van der Waals surface area contributed by atoms with Crippen molar-refractivity contribution in [2.45, 2.75) is 19.3 Å². The van der Waals surface area contributed by atoms with Gasteiger partial charge >= 0.3 is 0 Å². The third kappa shape index (κ3) is 4.64. The zero-order chi connectivity index (χ0) is 34.1.